The van der Waals surface area contributed by atoms with Crippen LogP contribution < -0.4 is 10.1 Å². The van der Waals surface area contributed by atoms with Gasteiger partial charge in [0.2, 0.25) is 5.69 Å². The van der Waals surface area contributed by atoms with Crippen LogP contribution in [0.2, 0.25) is 0 Å². The molecule has 0 radical (unpaired) electrons. The monoisotopic (exact) mass is 277 g/mol. The summed E-state index contributed by atoms with van der Waals surface area (Å²) >= 11 is 0. The number of hydrogen-bond acceptors (Lipinski definition) is 6. The van der Waals surface area contributed by atoms with E-state index in [1.54, 1.807) is 6.20 Å². The highest BCUT2D eigenvalue weighted by Gasteiger charge is 2.08. The average Bonchev–Trinajstić information content (AvgIpc) is 2.54. The van der Waals surface area contributed by atoms with E-state index in [1.807, 2.05) is 36.4 Å². The van der Waals surface area contributed by atoms with Crippen LogP contribution in [-0.2, 0) is 0 Å². The van der Waals surface area contributed by atoms with Crippen molar-refractivity contribution in [3.8, 4) is 11.9 Å². The van der Waals surface area contributed by atoms with E-state index < -0.39 is 0 Å². The number of anilines is 2. The van der Waals surface area contributed by atoms with Gasteiger partial charge in [-0.05, 0) is 11.5 Å². The molecular weight excluding hydrogens is 266 g/mol. The molecule has 0 amide bonds. The fourth-order valence-electron chi connectivity index (χ4n) is 1.93. The Morgan fingerprint density at radius 2 is 1.90 bits per heavy atom. The topological polar surface area (TPSA) is 83.7 Å². The van der Waals surface area contributed by atoms with Gasteiger partial charge >= 0.3 is 0 Å². The smallest absolute Gasteiger partial charge is 0.252 e. The largest absolute Gasteiger partial charge is 0.479 e. The molecule has 102 valence electrons. The number of nitrogens with zero attached hydrogens (tertiary/aromatic N) is 4. The molecule has 3 rings (SSSR count). The van der Waals surface area contributed by atoms with Crippen molar-refractivity contribution >= 4 is 22.4 Å². The average molecular weight is 277 g/mol. The van der Waals surface area contributed by atoms with Gasteiger partial charge in [-0.25, -0.2) is 9.97 Å². The fraction of sp³-hybridized carbons (Fsp3) is 0.0667. The summed E-state index contributed by atoms with van der Waals surface area (Å²) in [6, 6.07) is 11.8. The first kappa shape index (κ1) is 12.8. The van der Waals surface area contributed by atoms with Gasteiger partial charge in [-0.3, -0.25) is 0 Å². The van der Waals surface area contributed by atoms with Gasteiger partial charge < -0.3 is 10.1 Å². The van der Waals surface area contributed by atoms with Gasteiger partial charge in [-0.2, -0.15) is 10.2 Å². The van der Waals surface area contributed by atoms with E-state index in [4.69, 9.17) is 10.00 Å². The molecule has 2 heterocycles. The summed E-state index contributed by atoms with van der Waals surface area (Å²) in [5, 5.41) is 14.1. The molecule has 3 aromatic rings. The van der Waals surface area contributed by atoms with Crippen LogP contribution in [0, 0.1) is 11.3 Å². The first-order chi connectivity index (χ1) is 10.3. The molecule has 0 saturated carbocycles. The first-order valence-electron chi connectivity index (χ1n) is 6.23. The zero-order chi connectivity index (χ0) is 14.7. The molecule has 0 spiro atoms. The molecular formula is C15H11N5O. The van der Waals surface area contributed by atoms with Gasteiger partial charge in [0.25, 0.3) is 5.88 Å². The van der Waals surface area contributed by atoms with E-state index in [2.05, 4.69) is 20.3 Å². The second-order valence-corrected chi connectivity index (χ2v) is 4.27. The number of aromatic nitrogens is 3. The third kappa shape index (κ3) is 2.58. The molecule has 1 aromatic carbocycles. The summed E-state index contributed by atoms with van der Waals surface area (Å²) < 4.78 is 5.03. The highest BCUT2D eigenvalue weighted by Crippen LogP contribution is 2.20. The lowest BCUT2D eigenvalue weighted by atomic mass is 10.2. The molecule has 1 N–H and O–H groups in total. The van der Waals surface area contributed by atoms with Crippen molar-refractivity contribution in [2.45, 2.75) is 0 Å². The van der Waals surface area contributed by atoms with Crippen molar-refractivity contribution in [2.24, 2.45) is 0 Å². The summed E-state index contributed by atoms with van der Waals surface area (Å²) in [4.78, 5) is 12.5. The van der Waals surface area contributed by atoms with E-state index in [0.717, 1.165) is 10.8 Å². The van der Waals surface area contributed by atoms with Crippen molar-refractivity contribution in [2.75, 3.05) is 12.4 Å². The van der Waals surface area contributed by atoms with Crippen molar-refractivity contribution in [1.29, 1.82) is 5.26 Å². The quantitative estimate of drug-likeness (QED) is 0.792. The molecule has 0 aliphatic carbocycles. The normalized spacial score (nSPS) is 10.1. The predicted octanol–water partition coefficient (Wildman–Crippen LogP) is 2.65. The van der Waals surface area contributed by atoms with Gasteiger partial charge in [-0.15, -0.1) is 0 Å². The number of hydrogen-bond donors (Lipinski definition) is 1. The Labute approximate surface area is 121 Å². The number of fused-ring (bicyclic) bond motifs is 1. The molecule has 21 heavy (non-hydrogen) atoms. The summed E-state index contributed by atoms with van der Waals surface area (Å²) in [6.45, 7) is 0. The number of ether oxygens (including phenoxy) is 1. The highest BCUT2D eigenvalue weighted by atomic mass is 16.5. The number of methoxy groups -OCH3 is 1. The Morgan fingerprint density at radius 1 is 1.10 bits per heavy atom. The van der Waals surface area contributed by atoms with Gasteiger partial charge in [0, 0.05) is 11.6 Å². The number of pyridine rings is 1. The Bertz CT molecular complexity index is 841. The standard InChI is InChI=1S/C15H11N5O/c1-21-15-12(7-16)17-9-14(20-15)19-13-6-10-4-2-3-5-11(10)8-18-13/h2-6,8-9H,1H3,(H,18,19,20). The molecule has 0 unspecified atom stereocenters. The van der Waals surface area contributed by atoms with E-state index in [9.17, 15) is 0 Å². The molecule has 0 fully saturated rings. The van der Waals surface area contributed by atoms with Crippen molar-refractivity contribution in [1.82, 2.24) is 15.0 Å². The Hall–Kier alpha value is -3.20. The van der Waals surface area contributed by atoms with E-state index in [0.29, 0.717) is 11.6 Å². The van der Waals surface area contributed by atoms with Crippen molar-refractivity contribution in [3.05, 3.63) is 48.4 Å². The van der Waals surface area contributed by atoms with Crippen molar-refractivity contribution in [3.63, 3.8) is 0 Å². The summed E-state index contributed by atoms with van der Waals surface area (Å²) in [7, 11) is 1.45. The van der Waals surface area contributed by atoms with E-state index in [1.165, 1.54) is 13.3 Å². The van der Waals surface area contributed by atoms with Crippen LogP contribution in [0.25, 0.3) is 10.8 Å². The molecule has 2 aromatic heterocycles. The molecule has 0 atom stereocenters. The first-order valence-corrected chi connectivity index (χ1v) is 6.23. The van der Waals surface area contributed by atoms with E-state index >= 15 is 0 Å². The van der Waals surface area contributed by atoms with Crippen LogP contribution in [0.5, 0.6) is 5.88 Å². The Morgan fingerprint density at radius 3 is 2.67 bits per heavy atom. The number of benzene rings is 1. The maximum Gasteiger partial charge on any atom is 0.252 e. The highest BCUT2D eigenvalue weighted by molar-refractivity contribution is 5.84. The summed E-state index contributed by atoms with van der Waals surface area (Å²) in [5.41, 5.74) is 0.148. The third-order valence-corrected chi connectivity index (χ3v) is 2.93. The maximum atomic E-state index is 8.88. The summed E-state index contributed by atoms with van der Waals surface area (Å²) in [6.07, 6.45) is 3.25. The van der Waals surface area contributed by atoms with Crippen LogP contribution in [-0.4, -0.2) is 22.1 Å². The zero-order valence-electron chi connectivity index (χ0n) is 11.2. The Kier molecular flexibility index (Phi) is 3.31. The van der Waals surface area contributed by atoms with Gasteiger partial charge in [0.1, 0.15) is 11.9 Å². The van der Waals surface area contributed by atoms with Gasteiger partial charge in [-0.1, -0.05) is 24.3 Å². The minimum Gasteiger partial charge on any atom is -0.479 e. The van der Waals surface area contributed by atoms with E-state index in [-0.39, 0.29) is 11.6 Å². The minimum absolute atomic E-state index is 0.148. The molecule has 0 aliphatic rings. The molecule has 0 aliphatic heterocycles. The second kappa shape index (κ2) is 5.43. The molecule has 0 bridgehead atoms. The second-order valence-electron chi connectivity index (χ2n) is 4.27. The van der Waals surface area contributed by atoms with Crippen LogP contribution in [0.4, 0.5) is 11.6 Å². The van der Waals surface area contributed by atoms with Crippen LogP contribution in [0.15, 0.2) is 42.7 Å². The van der Waals surface area contributed by atoms with Crippen molar-refractivity contribution < 1.29 is 4.74 Å². The minimum atomic E-state index is 0.148. The lowest BCUT2D eigenvalue weighted by Crippen LogP contribution is -2.01. The third-order valence-electron chi connectivity index (χ3n) is 2.93. The molecule has 6 nitrogen and oxygen atoms in total. The molecule has 0 saturated heterocycles. The maximum absolute atomic E-state index is 8.88. The van der Waals surface area contributed by atoms with Gasteiger partial charge in [0.05, 0.1) is 13.3 Å². The molecule has 6 heteroatoms. The zero-order valence-corrected chi connectivity index (χ0v) is 11.2. The van der Waals surface area contributed by atoms with Crippen LogP contribution >= 0.6 is 0 Å². The number of nitriles is 1. The SMILES string of the molecule is COc1nc(Nc2cc3ccccc3cn2)cnc1C#N. The fourth-order valence-corrected chi connectivity index (χ4v) is 1.93. The van der Waals surface area contributed by atoms with Gasteiger partial charge in [0.15, 0.2) is 5.82 Å². The predicted molar refractivity (Wildman–Crippen MR) is 78.3 cm³/mol. The van der Waals surface area contributed by atoms with Crippen LogP contribution in [0.1, 0.15) is 5.69 Å². The van der Waals surface area contributed by atoms with Crippen LogP contribution in [0.3, 0.4) is 0 Å². The summed E-state index contributed by atoms with van der Waals surface area (Å²) in [5.74, 6) is 1.30. The Balaban J connectivity index is 1.93. The number of nitrogens with one attached hydrogen (secondary N) is 1. The lowest BCUT2D eigenvalue weighted by Gasteiger charge is -2.07. The lowest BCUT2D eigenvalue weighted by molar-refractivity contribution is 0.395. The number of rotatable bonds is 3.